The summed E-state index contributed by atoms with van der Waals surface area (Å²) in [4.78, 5) is 4.73. The third-order valence-electron chi connectivity index (χ3n) is 5.12. The molecule has 0 aliphatic rings. The number of nitrogens with zero attached hydrogens (tertiary/aromatic N) is 4. The first-order chi connectivity index (χ1) is 15.5. The van der Waals surface area contributed by atoms with Gasteiger partial charge in [-0.3, -0.25) is 0 Å². The molecule has 3 aromatic carbocycles. The van der Waals surface area contributed by atoms with Gasteiger partial charge in [0.05, 0.1) is 23.1 Å². The number of benzene rings is 3. The molecule has 0 atom stereocenters. The molecule has 2 heterocycles. The van der Waals surface area contributed by atoms with Crippen molar-refractivity contribution in [3.05, 3.63) is 89.3 Å². The first-order valence-corrected chi connectivity index (χ1v) is 10.2. The standard InChI is InChI=1S/C24H17ClFN5O/c1-14-11-15(5-8-18(14)25)27-20-3-2-4-21-17(20)7-9-22(28-21)23-13-31(30-29-23)16-6-10-24(32)19(26)12-16/h2-13,27,32H,1H3. The number of phenols is 1. The van der Waals surface area contributed by atoms with Crippen molar-refractivity contribution in [2.75, 3.05) is 5.32 Å². The predicted molar refractivity (Wildman–Crippen MR) is 123 cm³/mol. The largest absolute Gasteiger partial charge is 0.505 e. The highest BCUT2D eigenvalue weighted by Gasteiger charge is 2.11. The number of aromatic hydroxyl groups is 1. The summed E-state index contributed by atoms with van der Waals surface area (Å²) in [7, 11) is 0. The van der Waals surface area contributed by atoms with Crippen molar-refractivity contribution in [1.29, 1.82) is 0 Å². The van der Waals surface area contributed by atoms with Crippen LogP contribution < -0.4 is 5.32 Å². The molecule has 0 radical (unpaired) electrons. The van der Waals surface area contributed by atoms with Crippen LogP contribution in [0.4, 0.5) is 15.8 Å². The van der Waals surface area contributed by atoms with Gasteiger partial charge in [-0.05, 0) is 67.1 Å². The van der Waals surface area contributed by atoms with Crippen LogP contribution in [0.15, 0.2) is 72.9 Å². The van der Waals surface area contributed by atoms with E-state index in [-0.39, 0.29) is 0 Å². The maximum Gasteiger partial charge on any atom is 0.166 e. The number of aromatic nitrogens is 4. The van der Waals surface area contributed by atoms with Crippen LogP contribution in [0.2, 0.25) is 5.02 Å². The third kappa shape index (κ3) is 3.74. The minimum Gasteiger partial charge on any atom is -0.505 e. The molecule has 0 bridgehead atoms. The van der Waals surface area contributed by atoms with Gasteiger partial charge in [0, 0.05) is 27.8 Å². The van der Waals surface area contributed by atoms with E-state index >= 15 is 0 Å². The third-order valence-corrected chi connectivity index (χ3v) is 5.54. The number of nitrogens with one attached hydrogen (secondary N) is 1. The monoisotopic (exact) mass is 445 g/mol. The van der Waals surface area contributed by atoms with Crippen LogP contribution in [-0.4, -0.2) is 25.1 Å². The van der Waals surface area contributed by atoms with E-state index in [1.165, 1.54) is 16.8 Å². The highest BCUT2D eigenvalue weighted by atomic mass is 35.5. The molecule has 0 amide bonds. The number of fused-ring (bicyclic) bond motifs is 1. The molecule has 0 unspecified atom stereocenters. The number of anilines is 2. The minimum atomic E-state index is -0.723. The second kappa shape index (κ2) is 7.94. The highest BCUT2D eigenvalue weighted by molar-refractivity contribution is 6.31. The first-order valence-electron chi connectivity index (χ1n) is 9.82. The van der Waals surface area contributed by atoms with Gasteiger partial charge < -0.3 is 10.4 Å². The SMILES string of the molecule is Cc1cc(Nc2cccc3nc(-c4cn(-c5ccc(O)c(F)c5)nn4)ccc23)ccc1Cl. The Hall–Kier alpha value is -3.97. The fourth-order valence-corrected chi connectivity index (χ4v) is 3.55. The van der Waals surface area contributed by atoms with Gasteiger partial charge in [0.2, 0.25) is 0 Å². The fraction of sp³-hybridized carbons (Fsp3) is 0.0417. The minimum absolute atomic E-state index is 0.413. The van der Waals surface area contributed by atoms with Crippen LogP contribution in [0.5, 0.6) is 5.75 Å². The van der Waals surface area contributed by atoms with E-state index in [0.717, 1.165) is 32.9 Å². The Morgan fingerprint density at radius 3 is 2.69 bits per heavy atom. The van der Waals surface area contributed by atoms with Crippen molar-refractivity contribution in [3.8, 4) is 22.8 Å². The number of hydrogen-bond donors (Lipinski definition) is 2. The van der Waals surface area contributed by atoms with Gasteiger partial charge in [0.1, 0.15) is 5.69 Å². The Bertz CT molecular complexity index is 1470. The van der Waals surface area contributed by atoms with Gasteiger partial charge in [0.25, 0.3) is 0 Å². The molecule has 0 aliphatic carbocycles. The topological polar surface area (TPSA) is 75.9 Å². The average molecular weight is 446 g/mol. The molecule has 5 aromatic rings. The molecule has 6 nitrogen and oxygen atoms in total. The Balaban J connectivity index is 1.47. The maximum absolute atomic E-state index is 13.7. The van der Waals surface area contributed by atoms with Gasteiger partial charge >= 0.3 is 0 Å². The Morgan fingerprint density at radius 1 is 1.00 bits per heavy atom. The Kier molecular flexibility index (Phi) is 4.95. The predicted octanol–water partition coefficient (Wildman–Crippen LogP) is 6.03. The van der Waals surface area contributed by atoms with Crippen LogP contribution in [0.1, 0.15) is 5.56 Å². The van der Waals surface area contributed by atoms with Crippen molar-refractivity contribution in [2.45, 2.75) is 6.92 Å². The van der Waals surface area contributed by atoms with Crippen molar-refractivity contribution >= 4 is 33.9 Å². The normalized spacial score (nSPS) is 11.1. The van der Waals surface area contributed by atoms with Crippen LogP contribution in [0.25, 0.3) is 28.0 Å². The van der Waals surface area contributed by atoms with Gasteiger partial charge in [-0.1, -0.05) is 22.9 Å². The lowest BCUT2D eigenvalue weighted by molar-refractivity contribution is 0.432. The summed E-state index contributed by atoms with van der Waals surface area (Å²) in [5.74, 6) is -1.14. The molecule has 2 aromatic heterocycles. The smallest absolute Gasteiger partial charge is 0.166 e. The summed E-state index contributed by atoms with van der Waals surface area (Å²) in [6.45, 7) is 1.96. The molecule has 0 fully saturated rings. The Labute approximate surface area is 187 Å². The zero-order valence-corrected chi connectivity index (χ0v) is 17.7. The van der Waals surface area contributed by atoms with E-state index in [2.05, 4.69) is 15.6 Å². The van der Waals surface area contributed by atoms with Gasteiger partial charge in [-0.25, -0.2) is 14.1 Å². The van der Waals surface area contributed by atoms with E-state index in [1.54, 1.807) is 12.3 Å². The molecule has 0 spiro atoms. The van der Waals surface area contributed by atoms with Crippen LogP contribution in [0, 0.1) is 12.7 Å². The molecule has 8 heteroatoms. The lowest BCUT2D eigenvalue weighted by Crippen LogP contribution is -1.95. The number of rotatable bonds is 4. The summed E-state index contributed by atoms with van der Waals surface area (Å²) in [6.07, 6.45) is 1.67. The lowest BCUT2D eigenvalue weighted by Gasteiger charge is -2.11. The molecule has 0 saturated heterocycles. The van der Waals surface area contributed by atoms with Gasteiger partial charge in [-0.15, -0.1) is 5.10 Å². The number of halogens is 2. The molecular formula is C24H17ClFN5O. The number of pyridine rings is 1. The van der Waals surface area contributed by atoms with Crippen LogP contribution in [-0.2, 0) is 0 Å². The summed E-state index contributed by atoms with van der Waals surface area (Å²) < 4.78 is 15.1. The summed E-state index contributed by atoms with van der Waals surface area (Å²) in [5, 5.41) is 22.7. The molecule has 32 heavy (non-hydrogen) atoms. The second-order valence-electron chi connectivity index (χ2n) is 7.34. The molecule has 5 rings (SSSR count). The number of hydrogen-bond acceptors (Lipinski definition) is 5. The van der Waals surface area contributed by atoms with Crippen molar-refractivity contribution in [3.63, 3.8) is 0 Å². The van der Waals surface area contributed by atoms with E-state index in [0.29, 0.717) is 17.1 Å². The van der Waals surface area contributed by atoms with Crippen LogP contribution >= 0.6 is 11.6 Å². The quantitative estimate of drug-likeness (QED) is 0.353. The van der Waals surface area contributed by atoms with E-state index in [1.807, 2.05) is 55.5 Å². The van der Waals surface area contributed by atoms with E-state index in [9.17, 15) is 9.50 Å². The van der Waals surface area contributed by atoms with Crippen LogP contribution in [0.3, 0.4) is 0 Å². The molecule has 0 aliphatic heterocycles. The molecular weight excluding hydrogens is 429 g/mol. The maximum atomic E-state index is 13.7. The summed E-state index contributed by atoms with van der Waals surface area (Å²) in [5.41, 5.74) is 5.29. The first kappa shape index (κ1) is 20.0. The second-order valence-corrected chi connectivity index (χ2v) is 7.75. The molecule has 158 valence electrons. The zero-order chi connectivity index (χ0) is 22.2. The lowest BCUT2D eigenvalue weighted by atomic mass is 10.1. The van der Waals surface area contributed by atoms with Gasteiger partial charge in [-0.2, -0.15) is 0 Å². The average Bonchev–Trinajstić information content (AvgIpc) is 3.28. The van der Waals surface area contributed by atoms with Crippen molar-refractivity contribution < 1.29 is 9.50 Å². The van der Waals surface area contributed by atoms with Gasteiger partial charge in [0.15, 0.2) is 11.6 Å². The zero-order valence-electron chi connectivity index (χ0n) is 16.9. The fourth-order valence-electron chi connectivity index (χ4n) is 3.43. The Morgan fingerprint density at radius 2 is 1.88 bits per heavy atom. The number of phenolic OH excluding ortho intramolecular Hbond substituents is 1. The van der Waals surface area contributed by atoms with Crippen molar-refractivity contribution in [1.82, 2.24) is 20.0 Å². The molecule has 0 saturated carbocycles. The molecule has 2 N–H and O–H groups in total. The number of aryl methyl sites for hydroxylation is 1. The van der Waals surface area contributed by atoms with Crippen molar-refractivity contribution in [2.24, 2.45) is 0 Å². The summed E-state index contributed by atoms with van der Waals surface area (Å²) >= 11 is 6.13. The van der Waals surface area contributed by atoms with E-state index < -0.39 is 11.6 Å². The summed E-state index contributed by atoms with van der Waals surface area (Å²) in [6, 6.07) is 19.5. The highest BCUT2D eigenvalue weighted by Crippen LogP contribution is 2.29. The van der Waals surface area contributed by atoms with E-state index in [4.69, 9.17) is 16.6 Å².